The Balaban J connectivity index is 2.93. The molecule has 0 atom stereocenters. The van der Waals surface area contributed by atoms with Gasteiger partial charge in [-0.15, -0.1) is 6.58 Å². The van der Waals surface area contributed by atoms with Gasteiger partial charge >= 0.3 is 0 Å². The highest BCUT2D eigenvalue weighted by atomic mass is 16.1. The third kappa shape index (κ3) is 2.42. The number of aromatic nitrogens is 1. The first-order chi connectivity index (χ1) is 6.65. The van der Waals surface area contributed by atoms with Crippen LogP contribution in [-0.2, 0) is 0 Å². The number of anilines is 1. The SMILES string of the molecule is C=CCN(C)c1cc(C(C)=O)ccn1. The highest BCUT2D eigenvalue weighted by molar-refractivity contribution is 5.94. The first-order valence-corrected chi connectivity index (χ1v) is 4.44. The van der Waals surface area contributed by atoms with Gasteiger partial charge in [0.05, 0.1) is 0 Å². The minimum absolute atomic E-state index is 0.0562. The molecule has 1 aromatic rings. The molecular weight excluding hydrogens is 176 g/mol. The molecule has 14 heavy (non-hydrogen) atoms. The van der Waals surface area contributed by atoms with Gasteiger partial charge in [-0.3, -0.25) is 4.79 Å². The van der Waals surface area contributed by atoms with Crippen molar-refractivity contribution in [2.45, 2.75) is 6.92 Å². The molecule has 3 nitrogen and oxygen atoms in total. The standard InChI is InChI=1S/C11H14N2O/c1-4-7-13(3)11-8-10(9(2)14)5-6-12-11/h4-6,8H,1,7H2,2-3H3. The molecule has 0 bridgehead atoms. The highest BCUT2D eigenvalue weighted by Crippen LogP contribution is 2.11. The molecule has 0 saturated heterocycles. The number of carbonyl (C=O) groups is 1. The Hall–Kier alpha value is -1.64. The fourth-order valence-corrected chi connectivity index (χ4v) is 1.13. The number of pyridine rings is 1. The molecule has 3 heteroatoms. The molecule has 1 heterocycles. The van der Waals surface area contributed by atoms with E-state index in [0.29, 0.717) is 12.1 Å². The van der Waals surface area contributed by atoms with E-state index in [1.807, 2.05) is 11.9 Å². The number of rotatable bonds is 4. The number of hydrogen-bond acceptors (Lipinski definition) is 3. The molecule has 0 aliphatic rings. The van der Waals surface area contributed by atoms with Crippen molar-refractivity contribution in [3.05, 3.63) is 36.5 Å². The zero-order chi connectivity index (χ0) is 10.6. The fourth-order valence-electron chi connectivity index (χ4n) is 1.13. The first-order valence-electron chi connectivity index (χ1n) is 4.44. The van der Waals surface area contributed by atoms with Gasteiger partial charge in [-0.25, -0.2) is 4.98 Å². The third-order valence-electron chi connectivity index (χ3n) is 1.95. The maximum Gasteiger partial charge on any atom is 0.159 e. The smallest absolute Gasteiger partial charge is 0.159 e. The molecule has 0 radical (unpaired) electrons. The number of hydrogen-bond donors (Lipinski definition) is 0. The third-order valence-corrected chi connectivity index (χ3v) is 1.95. The number of nitrogens with zero attached hydrogens (tertiary/aromatic N) is 2. The zero-order valence-corrected chi connectivity index (χ0v) is 8.53. The van der Waals surface area contributed by atoms with E-state index >= 15 is 0 Å². The van der Waals surface area contributed by atoms with Crippen LogP contribution in [0.15, 0.2) is 31.0 Å². The van der Waals surface area contributed by atoms with Crippen LogP contribution in [0.2, 0.25) is 0 Å². The van der Waals surface area contributed by atoms with Crippen molar-refractivity contribution < 1.29 is 4.79 Å². The highest BCUT2D eigenvalue weighted by Gasteiger charge is 2.04. The lowest BCUT2D eigenvalue weighted by atomic mass is 10.2. The van der Waals surface area contributed by atoms with E-state index < -0.39 is 0 Å². The molecule has 0 saturated carbocycles. The molecule has 0 amide bonds. The van der Waals surface area contributed by atoms with E-state index in [9.17, 15) is 4.79 Å². The Kier molecular flexibility index (Phi) is 3.40. The Morgan fingerprint density at radius 1 is 1.71 bits per heavy atom. The number of carbonyl (C=O) groups excluding carboxylic acids is 1. The monoisotopic (exact) mass is 190 g/mol. The summed E-state index contributed by atoms with van der Waals surface area (Å²) in [6, 6.07) is 3.50. The summed E-state index contributed by atoms with van der Waals surface area (Å²) < 4.78 is 0. The molecule has 1 aromatic heterocycles. The van der Waals surface area contributed by atoms with Gasteiger partial charge in [0, 0.05) is 25.4 Å². The van der Waals surface area contributed by atoms with Gasteiger partial charge in [-0.05, 0) is 19.1 Å². The fraction of sp³-hybridized carbons (Fsp3) is 0.273. The molecule has 0 aliphatic carbocycles. The first kappa shape index (κ1) is 10.4. The van der Waals surface area contributed by atoms with Crippen LogP contribution in [-0.4, -0.2) is 24.4 Å². The predicted octanol–water partition coefficient (Wildman–Crippen LogP) is 1.91. The van der Waals surface area contributed by atoms with E-state index in [1.165, 1.54) is 0 Å². The molecule has 0 aromatic carbocycles. The average molecular weight is 190 g/mol. The van der Waals surface area contributed by atoms with Crippen LogP contribution in [0, 0.1) is 0 Å². The Bertz CT molecular complexity index is 347. The van der Waals surface area contributed by atoms with Crippen molar-refractivity contribution >= 4 is 11.6 Å². The van der Waals surface area contributed by atoms with Crippen LogP contribution in [0.1, 0.15) is 17.3 Å². The molecule has 74 valence electrons. The van der Waals surface area contributed by atoms with Crippen LogP contribution in [0.5, 0.6) is 0 Å². The second kappa shape index (κ2) is 4.56. The van der Waals surface area contributed by atoms with E-state index in [1.54, 1.807) is 31.3 Å². The van der Waals surface area contributed by atoms with Gasteiger partial charge in [-0.2, -0.15) is 0 Å². The molecule has 0 unspecified atom stereocenters. The molecular formula is C11H14N2O. The van der Waals surface area contributed by atoms with Crippen molar-refractivity contribution in [3.63, 3.8) is 0 Å². The van der Waals surface area contributed by atoms with Crippen molar-refractivity contribution in [2.24, 2.45) is 0 Å². The number of ketones is 1. The molecule has 0 spiro atoms. The zero-order valence-electron chi connectivity index (χ0n) is 8.53. The molecule has 1 rings (SSSR count). The van der Waals surface area contributed by atoms with Gasteiger partial charge in [0.2, 0.25) is 0 Å². The van der Waals surface area contributed by atoms with Gasteiger partial charge in [0.1, 0.15) is 5.82 Å². The van der Waals surface area contributed by atoms with E-state index in [4.69, 9.17) is 0 Å². The van der Waals surface area contributed by atoms with Crippen molar-refractivity contribution in [3.8, 4) is 0 Å². The van der Waals surface area contributed by atoms with E-state index in [-0.39, 0.29) is 5.78 Å². The van der Waals surface area contributed by atoms with E-state index in [0.717, 1.165) is 5.82 Å². The lowest BCUT2D eigenvalue weighted by molar-refractivity contribution is 0.101. The number of likely N-dealkylation sites (N-methyl/N-ethyl adjacent to an activating group) is 1. The second-order valence-corrected chi connectivity index (χ2v) is 3.13. The minimum Gasteiger partial charge on any atom is -0.356 e. The average Bonchev–Trinajstić information content (AvgIpc) is 2.18. The summed E-state index contributed by atoms with van der Waals surface area (Å²) in [7, 11) is 1.91. The maximum atomic E-state index is 11.1. The van der Waals surface area contributed by atoms with Gasteiger partial charge in [0.15, 0.2) is 5.78 Å². The predicted molar refractivity (Wildman–Crippen MR) is 57.7 cm³/mol. The lowest BCUT2D eigenvalue weighted by Crippen LogP contribution is -2.18. The summed E-state index contributed by atoms with van der Waals surface area (Å²) in [6.45, 7) is 5.91. The van der Waals surface area contributed by atoms with Crippen molar-refractivity contribution in [2.75, 3.05) is 18.5 Å². The Labute approximate surface area is 84.1 Å². The van der Waals surface area contributed by atoms with Gasteiger partial charge in [-0.1, -0.05) is 6.08 Å². The number of Topliss-reactive ketones (excluding diaryl/α,β-unsaturated/α-hetero) is 1. The summed E-state index contributed by atoms with van der Waals surface area (Å²) in [5, 5.41) is 0. The van der Waals surface area contributed by atoms with Crippen LogP contribution < -0.4 is 4.90 Å². The lowest BCUT2D eigenvalue weighted by Gasteiger charge is -2.15. The van der Waals surface area contributed by atoms with E-state index in [2.05, 4.69) is 11.6 Å². The summed E-state index contributed by atoms with van der Waals surface area (Å²) in [6.07, 6.45) is 3.44. The van der Waals surface area contributed by atoms with Crippen LogP contribution in [0.25, 0.3) is 0 Å². The summed E-state index contributed by atoms with van der Waals surface area (Å²) in [4.78, 5) is 17.2. The normalized spacial score (nSPS) is 9.57. The summed E-state index contributed by atoms with van der Waals surface area (Å²) in [5.74, 6) is 0.846. The van der Waals surface area contributed by atoms with Crippen molar-refractivity contribution in [1.29, 1.82) is 0 Å². The topological polar surface area (TPSA) is 33.2 Å². The molecule has 0 N–H and O–H groups in total. The van der Waals surface area contributed by atoms with Gasteiger partial charge in [0.25, 0.3) is 0 Å². The quantitative estimate of drug-likeness (QED) is 0.537. The van der Waals surface area contributed by atoms with Gasteiger partial charge < -0.3 is 4.90 Å². The molecule has 0 aliphatic heterocycles. The van der Waals surface area contributed by atoms with Crippen LogP contribution >= 0.6 is 0 Å². The second-order valence-electron chi connectivity index (χ2n) is 3.13. The van der Waals surface area contributed by atoms with Crippen molar-refractivity contribution in [1.82, 2.24) is 4.98 Å². The molecule has 0 fully saturated rings. The Morgan fingerprint density at radius 3 is 3.00 bits per heavy atom. The summed E-state index contributed by atoms with van der Waals surface area (Å²) >= 11 is 0. The Morgan fingerprint density at radius 2 is 2.43 bits per heavy atom. The summed E-state index contributed by atoms with van der Waals surface area (Å²) in [5.41, 5.74) is 0.686. The minimum atomic E-state index is 0.0562. The largest absolute Gasteiger partial charge is 0.356 e. The van der Waals surface area contributed by atoms with Crippen LogP contribution in [0.3, 0.4) is 0 Å². The maximum absolute atomic E-state index is 11.1. The van der Waals surface area contributed by atoms with Crippen LogP contribution in [0.4, 0.5) is 5.82 Å².